The fourth-order valence-corrected chi connectivity index (χ4v) is 9.09. The molecule has 3 heterocycles. The summed E-state index contributed by atoms with van der Waals surface area (Å²) >= 11 is 0. The molecule has 0 spiro atoms. The van der Waals surface area contributed by atoms with Crippen LogP contribution >= 0.6 is 0 Å². The van der Waals surface area contributed by atoms with Crippen molar-refractivity contribution < 1.29 is 4.42 Å². The molecule has 0 amide bonds. The average molecular weight is 701 g/mol. The fraction of sp³-hybridized carbons (Fsp3) is 0. The third-order valence-electron chi connectivity index (χ3n) is 11.5. The molecule has 0 fully saturated rings. The Balaban J connectivity index is 1.08. The van der Waals surface area contributed by atoms with Crippen LogP contribution in [0.5, 0.6) is 0 Å². The summed E-state index contributed by atoms with van der Waals surface area (Å²) in [4.78, 5) is 0. The van der Waals surface area contributed by atoms with E-state index in [-0.39, 0.29) is 0 Å². The van der Waals surface area contributed by atoms with E-state index in [2.05, 4.69) is 197 Å². The zero-order chi connectivity index (χ0) is 36.0. The number of hydrogen-bond acceptors (Lipinski definition) is 1. The van der Waals surface area contributed by atoms with Gasteiger partial charge in [0.2, 0.25) is 0 Å². The minimum absolute atomic E-state index is 0.910. The van der Waals surface area contributed by atoms with Crippen LogP contribution in [0.2, 0.25) is 0 Å². The van der Waals surface area contributed by atoms with Gasteiger partial charge in [0.25, 0.3) is 0 Å². The lowest BCUT2D eigenvalue weighted by Crippen LogP contribution is -1.97. The highest BCUT2D eigenvalue weighted by Gasteiger charge is 2.19. The Kier molecular flexibility index (Phi) is 6.34. The predicted molar refractivity (Wildman–Crippen MR) is 231 cm³/mol. The summed E-state index contributed by atoms with van der Waals surface area (Å²) in [7, 11) is 0. The number of rotatable bonds is 4. The van der Waals surface area contributed by atoms with Gasteiger partial charge in [0.1, 0.15) is 11.2 Å². The van der Waals surface area contributed by atoms with Crippen molar-refractivity contribution in [1.29, 1.82) is 0 Å². The third kappa shape index (κ3) is 4.38. The first-order valence-electron chi connectivity index (χ1n) is 18.9. The summed E-state index contributed by atoms with van der Waals surface area (Å²) in [6, 6.07) is 70.3. The molecule has 0 aliphatic carbocycles. The maximum absolute atomic E-state index is 6.53. The molecule has 0 radical (unpaired) electrons. The molecule has 3 nitrogen and oxygen atoms in total. The van der Waals surface area contributed by atoms with E-state index in [9.17, 15) is 0 Å². The molecule has 0 bridgehead atoms. The van der Waals surface area contributed by atoms with Crippen molar-refractivity contribution in [2.45, 2.75) is 0 Å². The van der Waals surface area contributed by atoms with E-state index in [0.29, 0.717) is 0 Å². The van der Waals surface area contributed by atoms with Gasteiger partial charge in [0, 0.05) is 49.0 Å². The van der Waals surface area contributed by atoms with E-state index in [1.165, 1.54) is 65.5 Å². The van der Waals surface area contributed by atoms with Gasteiger partial charge >= 0.3 is 0 Å². The second kappa shape index (κ2) is 11.6. The number of furan rings is 1. The SMILES string of the molecule is c1ccc(-n2c3ccccc3c3ccc(-c4ccc5c6ccccc6n(-c6ccc(-c7cccc8c7oc7ccccc78)c7ccccc67)c5c4)cc32)cc1. The summed E-state index contributed by atoms with van der Waals surface area (Å²) in [6.45, 7) is 0. The molecule has 0 aliphatic heterocycles. The van der Waals surface area contributed by atoms with Crippen LogP contribution in [0.15, 0.2) is 199 Å². The van der Waals surface area contributed by atoms with Crippen LogP contribution in [0.3, 0.4) is 0 Å². The van der Waals surface area contributed by atoms with E-state index < -0.39 is 0 Å². The first-order valence-corrected chi connectivity index (χ1v) is 18.9. The molecular formula is C52H32N2O. The Morgan fingerprint density at radius 1 is 0.309 bits per heavy atom. The number of benzene rings is 9. The van der Waals surface area contributed by atoms with Gasteiger partial charge in [-0.3, -0.25) is 0 Å². The van der Waals surface area contributed by atoms with Gasteiger partial charge in [-0.15, -0.1) is 0 Å². The normalized spacial score (nSPS) is 12.0. The van der Waals surface area contributed by atoms with Gasteiger partial charge < -0.3 is 13.6 Å². The highest BCUT2D eigenvalue weighted by atomic mass is 16.3. The van der Waals surface area contributed by atoms with Crippen molar-refractivity contribution in [3.8, 4) is 33.6 Å². The van der Waals surface area contributed by atoms with Crippen LogP contribution in [-0.2, 0) is 0 Å². The lowest BCUT2D eigenvalue weighted by molar-refractivity contribution is 0.670. The Morgan fingerprint density at radius 3 is 1.58 bits per heavy atom. The first kappa shape index (κ1) is 30.1. The Bertz CT molecular complexity index is 3490. The lowest BCUT2D eigenvalue weighted by Gasteiger charge is -2.15. The van der Waals surface area contributed by atoms with Gasteiger partial charge in [-0.1, -0.05) is 146 Å². The molecule has 0 atom stereocenters. The van der Waals surface area contributed by atoms with Crippen LogP contribution in [0.25, 0.3) is 110 Å². The van der Waals surface area contributed by atoms with Crippen LogP contribution in [0, 0.1) is 0 Å². The van der Waals surface area contributed by atoms with Gasteiger partial charge in [0.05, 0.1) is 27.8 Å². The molecule has 3 aromatic heterocycles. The topological polar surface area (TPSA) is 23.0 Å². The van der Waals surface area contributed by atoms with Crippen LogP contribution in [-0.4, -0.2) is 9.13 Å². The van der Waals surface area contributed by atoms with E-state index in [1.807, 2.05) is 6.07 Å². The molecule has 0 saturated carbocycles. The third-order valence-corrected chi connectivity index (χ3v) is 11.5. The first-order chi connectivity index (χ1) is 27.3. The maximum Gasteiger partial charge on any atom is 0.143 e. The van der Waals surface area contributed by atoms with E-state index in [1.54, 1.807) is 0 Å². The summed E-state index contributed by atoms with van der Waals surface area (Å²) in [5, 5.41) is 9.64. The molecular weight excluding hydrogens is 669 g/mol. The van der Waals surface area contributed by atoms with E-state index in [4.69, 9.17) is 4.42 Å². The number of para-hydroxylation sites is 5. The standard InChI is InChI=1S/C52H32N2O/c1-2-13-35(14-3-1)53-46-22-9-6-17-39(46)41-27-25-33(31-49(41)53)34-26-28-42-40-18-7-10-23-47(40)54(50(42)32-34)48-30-29-37(36-15-4-5-16-38(36)48)44-20-12-21-45-43-19-8-11-24-51(43)55-52(44)45/h1-32H. The van der Waals surface area contributed by atoms with Gasteiger partial charge in [0.15, 0.2) is 0 Å². The Morgan fingerprint density at radius 2 is 0.855 bits per heavy atom. The molecule has 256 valence electrons. The molecule has 12 rings (SSSR count). The minimum atomic E-state index is 0.910. The molecule has 0 saturated heterocycles. The lowest BCUT2D eigenvalue weighted by atomic mass is 9.95. The second-order valence-corrected chi connectivity index (χ2v) is 14.5. The molecule has 12 aromatic rings. The van der Waals surface area contributed by atoms with E-state index >= 15 is 0 Å². The minimum Gasteiger partial charge on any atom is -0.455 e. The summed E-state index contributed by atoms with van der Waals surface area (Å²) in [6.07, 6.45) is 0. The number of fused-ring (bicyclic) bond motifs is 10. The van der Waals surface area contributed by atoms with Crippen molar-refractivity contribution in [1.82, 2.24) is 9.13 Å². The molecule has 9 aromatic carbocycles. The quantitative estimate of drug-likeness (QED) is 0.179. The van der Waals surface area contributed by atoms with Crippen LogP contribution < -0.4 is 0 Å². The van der Waals surface area contributed by atoms with Crippen molar-refractivity contribution in [3.63, 3.8) is 0 Å². The molecule has 55 heavy (non-hydrogen) atoms. The molecule has 0 unspecified atom stereocenters. The zero-order valence-electron chi connectivity index (χ0n) is 29.8. The summed E-state index contributed by atoms with van der Waals surface area (Å²) in [5.74, 6) is 0. The number of nitrogens with zero attached hydrogens (tertiary/aromatic N) is 2. The monoisotopic (exact) mass is 700 g/mol. The Labute approximate surface area is 316 Å². The number of hydrogen-bond donors (Lipinski definition) is 0. The summed E-state index contributed by atoms with van der Waals surface area (Å²) in [5.41, 5.74) is 13.6. The maximum atomic E-state index is 6.53. The molecule has 0 N–H and O–H groups in total. The van der Waals surface area contributed by atoms with E-state index in [0.717, 1.165) is 44.4 Å². The smallest absolute Gasteiger partial charge is 0.143 e. The fourth-order valence-electron chi connectivity index (χ4n) is 9.09. The van der Waals surface area contributed by atoms with Crippen molar-refractivity contribution in [2.24, 2.45) is 0 Å². The van der Waals surface area contributed by atoms with Crippen LogP contribution in [0.4, 0.5) is 0 Å². The largest absolute Gasteiger partial charge is 0.455 e. The zero-order valence-corrected chi connectivity index (χ0v) is 29.8. The average Bonchev–Trinajstić information content (AvgIpc) is 3.91. The van der Waals surface area contributed by atoms with Crippen molar-refractivity contribution in [3.05, 3.63) is 194 Å². The van der Waals surface area contributed by atoms with Gasteiger partial charge in [-0.25, -0.2) is 0 Å². The molecule has 0 aliphatic rings. The predicted octanol–water partition coefficient (Wildman–Crippen LogP) is 14.3. The number of aromatic nitrogens is 2. The second-order valence-electron chi connectivity index (χ2n) is 14.5. The van der Waals surface area contributed by atoms with Gasteiger partial charge in [-0.2, -0.15) is 0 Å². The molecule has 3 heteroatoms. The highest BCUT2D eigenvalue weighted by Crippen LogP contribution is 2.43. The van der Waals surface area contributed by atoms with Crippen molar-refractivity contribution in [2.75, 3.05) is 0 Å². The Hall–Kier alpha value is -7.36. The summed E-state index contributed by atoms with van der Waals surface area (Å²) < 4.78 is 11.4. The van der Waals surface area contributed by atoms with Crippen LogP contribution in [0.1, 0.15) is 0 Å². The van der Waals surface area contributed by atoms with Crippen molar-refractivity contribution >= 4 is 76.3 Å². The van der Waals surface area contributed by atoms with Gasteiger partial charge in [-0.05, 0) is 70.6 Å². The highest BCUT2D eigenvalue weighted by molar-refractivity contribution is 6.16.